The molecular weight excluding hydrogens is 336 g/mol. The monoisotopic (exact) mass is 360 g/mol. The van der Waals surface area contributed by atoms with Crippen molar-refractivity contribution in [1.82, 2.24) is 10.3 Å². The molecule has 2 aromatic carbocycles. The van der Waals surface area contributed by atoms with E-state index in [2.05, 4.69) is 18.3 Å². The van der Waals surface area contributed by atoms with Crippen molar-refractivity contribution in [1.29, 1.82) is 0 Å². The highest BCUT2D eigenvalue weighted by Gasteiger charge is 2.24. The van der Waals surface area contributed by atoms with E-state index in [0.717, 1.165) is 58.3 Å². The van der Waals surface area contributed by atoms with Gasteiger partial charge in [0.1, 0.15) is 5.75 Å². The SMILES string of the molecule is COc1ccccc1C(C)CNC(=O)c1c2c(nc3ccccc13)CCC2. The number of aromatic nitrogens is 1. The van der Waals surface area contributed by atoms with Gasteiger partial charge in [0.15, 0.2) is 0 Å². The fourth-order valence-corrected chi connectivity index (χ4v) is 3.99. The number of methoxy groups -OCH3 is 1. The number of amides is 1. The van der Waals surface area contributed by atoms with E-state index in [9.17, 15) is 4.79 Å². The Morgan fingerprint density at radius 1 is 1.15 bits per heavy atom. The van der Waals surface area contributed by atoms with Gasteiger partial charge in [-0.1, -0.05) is 43.3 Å². The molecule has 0 spiro atoms. The number of carbonyl (C=O) groups is 1. The summed E-state index contributed by atoms with van der Waals surface area (Å²) in [5.41, 5.74) is 5.01. The molecule has 0 saturated carbocycles. The van der Waals surface area contributed by atoms with Gasteiger partial charge < -0.3 is 10.1 Å². The number of para-hydroxylation sites is 2. The first-order chi connectivity index (χ1) is 13.2. The molecule has 1 N–H and O–H groups in total. The zero-order valence-electron chi connectivity index (χ0n) is 15.8. The Morgan fingerprint density at radius 3 is 2.78 bits per heavy atom. The Bertz CT molecular complexity index is 997. The molecule has 1 atom stereocenters. The standard InChI is InChI=1S/C23H24N2O2/c1-15(16-8-4-6-13-21(16)27-2)14-24-23(26)22-17-9-3-5-11-19(17)25-20-12-7-10-18(20)22/h3-6,8-9,11,13,15H,7,10,12,14H2,1-2H3,(H,24,26). The molecule has 0 fully saturated rings. The smallest absolute Gasteiger partial charge is 0.252 e. The molecular formula is C23H24N2O2. The molecule has 4 rings (SSSR count). The number of hydrogen-bond acceptors (Lipinski definition) is 3. The average molecular weight is 360 g/mol. The van der Waals surface area contributed by atoms with E-state index in [0.29, 0.717) is 6.54 Å². The van der Waals surface area contributed by atoms with Gasteiger partial charge in [-0.15, -0.1) is 0 Å². The molecule has 4 nitrogen and oxygen atoms in total. The van der Waals surface area contributed by atoms with Crippen LogP contribution in [0.15, 0.2) is 48.5 Å². The predicted octanol–water partition coefficient (Wildman–Crippen LogP) is 4.27. The van der Waals surface area contributed by atoms with Crippen LogP contribution in [-0.2, 0) is 12.8 Å². The van der Waals surface area contributed by atoms with E-state index >= 15 is 0 Å². The number of aryl methyl sites for hydroxylation is 1. The normalized spacial score (nSPS) is 14.0. The van der Waals surface area contributed by atoms with E-state index in [1.54, 1.807) is 7.11 Å². The summed E-state index contributed by atoms with van der Waals surface area (Å²) in [6.45, 7) is 2.66. The summed E-state index contributed by atoms with van der Waals surface area (Å²) in [7, 11) is 1.68. The number of nitrogens with zero attached hydrogens (tertiary/aromatic N) is 1. The van der Waals surface area contributed by atoms with E-state index in [1.807, 2.05) is 42.5 Å². The summed E-state index contributed by atoms with van der Waals surface area (Å²) in [4.78, 5) is 17.9. The third-order valence-corrected chi connectivity index (χ3v) is 5.38. The van der Waals surface area contributed by atoms with E-state index in [4.69, 9.17) is 9.72 Å². The number of nitrogens with one attached hydrogen (secondary N) is 1. The Hall–Kier alpha value is -2.88. The highest BCUT2D eigenvalue weighted by molar-refractivity contribution is 6.07. The molecule has 1 unspecified atom stereocenters. The van der Waals surface area contributed by atoms with Crippen molar-refractivity contribution in [3.63, 3.8) is 0 Å². The van der Waals surface area contributed by atoms with Crippen LogP contribution in [-0.4, -0.2) is 24.5 Å². The number of rotatable bonds is 5. The molecule has 3 aromatic rings. The van der Waals surface area contributed by atoms with Gasteiger partial charge in [-0.2, -0.15) is 0 Å². The summed E-state index contributed by atoms with van der Waals surface area (Å²) in [5, 5.41) is 4.09. The van der Waals surface area contributed by atoms with Crippen molar-refractivity contribution >= 4 is 16.8 Å². The second-order valence-electron chi connectivity index (χ2n) is 7.14. The van der Waals surface area contributed by atoms with Crippen LogP contribution in [0.5, 0.6) is 5.75 Å². The first-order valence-electron chi connectivity index (χ1n) is 9.50. The van der Waals surface area contributed by atoms with Crippen LogP contribution in [0.25, 0.3) is 10.9 Å². The van der Waals surface area contributed by atoms with Gasteiger partial charge in [0.25, 0.3) is 5.91 Å². The van der Waals surface area contributed by atoms with Gasteiger partial charge in [-0.05, 0) is 42.5 Å². The summed E-state index contributed by atoms with van der Waals surface area (Å²) in [6, 6.07) is 15.9. The number of ether oxygens (including phenoxy) is 1. The molecule has 0 aliphatic heterocycles. The third-order valence-electron chi connectivity index (χ3n) is 5.38. The fraction of sp³-hybridized carbons (Fsp3) is 0.304. The van der Waals surface area contributed by atoms with Gasteiger partial charge in [0, 0.05) is 23.5 Å². The molecule has 0 saturated heterocycles. The Kier molecular flexibility index (Phi) is 4.80. The highest BCUT2D eigenvalue weighted by atomic mass is 16.5. The topological polar surface area (TPSA) is 51.2 Å². The Balaban J connectivity index is 1.61. The van der Waals surface area contributed by atoms with E-state index in [1.165, 1.54) is 0 Å². The zero-order chi connectivity index (χ0) is 18.8. The quantitative estimate of drug-likeness (QED) is 0.739. The van der Waals surface area contributed by atoms with Gasteiger partial charge in [-0.3, -0.25) is 9.78 Å². The highest BCUT2D eigenvalue weighted by Crippen LogP contribution is 2.30. The maximum absolute atomic E-state index is 13.1. The van der Waals surface area contributed by atoms with Crippen LogP contribution < -0.4 is 10.1 Å². The molecule has 1 aromatic heterocycles. The minimum Gasteiger partial charge on any atom is -0.496 e. The predicted molar refractivity (Wildman–Crippen MR) is 108 cm³/mol. The average Bonchev–Trinajstić information content (AvgIpc) is 3.17. The molecule has 0 radical (unpaired) electrons. The number of benzene rings is 2. The Morgan fingerprint density at radius 2 is 1.93 bits per heavy atom. The van der Waals surface area contributed by atoms with Crippen LogP contribution in [0, 0.1) is 0 Å². The summed E-state index contributed by atoms with van der Waals surface area (Å²) in [5.74, 6) is 1.01. The number of pyridine rings is 1. The molecule has 4 heteroatoms. The van der Waals surface area contributed by atoms with Gasteiger partial charge >= 0.3 is 0 Å². The largest absolute Gasteiger partial charge is 0.496 e. The lowest BCUT2D eigenvalue weighted by atomic mass is 9.98. The van der Waals surface area contributed by atoms with Gasteiger partial charge in [0.05, 0.1) is 18.2 Å². The minimum atomic E-state index is -0.00602. The minimum absolute atomic E-state index is 0.00602. The van der Waals surface area contributed by atoms with Gasteiger partial charge in [0.2, 0.25) is 0 Å². The van der Waals surface area contributed by atoms with Gasteiger partial charge in [-0.25, -0.2) is 0 Å². The summed E-state index contributed by atoms with van der Waals surface area (Å²) >= 11 is 0. The Labute approximate surface area is 159 Å². The summed E-state index contributed by atoms with van der Waals surface area (Å²) < 4.78 is 5.46. The summed E-state index contributed by atoms with van der Waals surface area (Å²) in [6.07, 6.45) is 2.95. The number of carbonyl (C=O) groups excluding carboxylic acids is 1. The van der Waals surface area contributed by atoms with E-state index < -0.39 is 0 Å². The third kappa shape index (κ3) is 3.27. The van der Waals surface area contributed by atoms with Crippen molar-refractivity contribution in [3.8, 4) is 5.75 Å². The first-order valence-corrected chi connectivity index (χ1v) is 9.50. The van der Waals surface area contributed by atoms with Crippen molar-refractivity contribution in [3.05, 3.63) is 70.9 Å². The lowest BCUT2D eigenvalue weighted by Gasteiger charge is -2.17. The maximum Gasteiger partial charge on any atom is 0.252 e. The molecule has 1 heterocycles. The van der Waals surface area contributed by atoms with Crippen LogP contribution in [0.1, 0.15) is 46.4 Å². The molecule has 27 heavy (non-hydrogen) atoms. The second-order valence-corrected chi connectivity index (χ2v) is 7.14. The van der Waals surface area contributed by atoms with Crippen molar-refractivity contribution in [2.45, 2.75) is 32.1 Å². The lowest BCUT2D eigenvalue weighted by molar-refractivity contribution is 0.0952. The number of hydrogen-bond donors (Lipinski definition) is 1. The van der Waals surface area contributed by atoms with Crippen LogP contribution in [0.4, 0.5) is 0 Å². The van der Waals surface area contributed by atoms with Crippen molar-refractivity contribution in [2.24, 2.45) is 0 Å². The fourth-order valence-electron chi connectivity index (χ4n) is 3.99. The van der Waals surface area contributed by atoms with Crippen LogP contribution in [0.2, 0.25) is 0 Å². The molecule has 1 aliphatic carbocycles. The van der Waals surface area contributed by atoms with Crippen LogP contribution >= 0.6 is 0 Å². The maximum atomic E-state index is 13.1. The van der Waals surface area contributed by atoms with Crippen molar-refractivity contribution in [2.75, 3.05) is 13.7 Å². The number of fused-ring (bicyclic) bond motifs is 2. The molecule has 1 amide bonds. The molecule has 138 valence electrons. The second kappa shape index (κ2) is 7.39. The van der Waals surface area contributed by atoms with Crippen LogP contribution in [0.3, 0.4) is 0 Å². The van der Waals surface area contributed by atoms with Crippen molar-refractivity contribution < 1.29 is 9.53 Å². The first kappa shape index (κ1) is 17.5. The zero-order valence-corrected chi connectivity index (χ0v) is 15.8. The molecule has 0 bridgehead atoms. The molecule has 1 aliphatic rings. The van der Waals surface area contributed by atoms with E-state index in [-0.39, 0.29) is 11.8 Å². The lowest BCUT2D eigenvalue weighted by Crippen LogP contribution is -2.29.